The molecule has 4 aromatic heterocycles. The minimum Gasteiger partial charge on any atom is -0.487 e. The number of fused-ring (bicyclic) bond motifs is 2. The first-order valence-corrected chi connectivity index (χ1v) is 13.1. The largest absolute Gasteiger partial charge is 0.487 e. The van der Waals surface area contributed by atoms with E-state index in [4.69, 9.17) is 9.72 Å². The van der Waals surface area contributed by atoms with Crippen LogP contribution in [0.5, 0.6) is 5.75 Å². The lowest BCUT2D eigenvalue weighted by Gasteiger charge is -2.33. The van der Waals surface area contributed by atoms with Gasteiger partial charge in [0.15, 0.2) is 11.6 Å². The van der Waals surface area contributed by atoms with Gasteiger partial charge in [0.1, 0.15) is 23.6 Å². The molecule has 0 aliphatic carbocycles. The number of aromatic amines is 2. The van der Waals surface area contributed by atoms with Crippen molar-refractivity contribution < 1.29 is 4.74 Å². The first kappa shape index (κ1) is 23.4. The Morgan fingerprint density at radius 3 is 2.64 bits per heavy atom. The highest BCUT2D eigenvalue weighted by molar-refractivity contribution is 5.97. The van der Waals surface area contributed by atoms with Crippen LogP contribution >= 0.6 is 0 Å². The highest BCUT2D eigenvalue weighted by Gasteiger charge is 2.21. The maximum absolute atomic E-state index is 6.01. The number of likely N-dealkylation sites (N-methyl/N-ethyl adjacent to an activating group) is 1. The Kier molecular flexibility index (Phi) is 5.90. The van der Waals surface area contributed by atoms with Crippen LogP contribution in [-0.2, 0) is 6.61 Å². The molecule has 1 aliphatic heterocycles. The quantitative estimate of drug-likeness (QED) is 0.325. The number of H-pyrrole nitrogens is 2. The first-order valence-electron chi connectivity index (χ1n) is 13.1. The zero-order valence-corrected chi connectivity index (χ0v) is 21.6. The number of piperazine rings is 1. The van der Waals surface area contributed by atoms with Crippen molar-refractivity contribution in [2.75, 3.05) is 38.1 Å². The summed E-state index contributed by atoms with van der Waals surface area (Å²) in [6.07, 6.45) is 5.44. The molecular formula is C30H28N8O. The van der Waals surface area contributed by atoms with Gasteiger partial charge in [-0.3, -0.25) is 10.1 Å². The number of anilines is 1. The Balaban J connectivity index is 1.20. The number of aromatic nitrogens is 6. The van der Waals surface area contributed by atoms with Crippen LogP contribution in [-0.4, -0.2) is 68.3 Å². The van der Waals surface area contributed by atoms with E-state index in [1.165, 1.54) is 0 Å². The number of ether oxygens (including phenoxy) is 1. The third kappa shape index (κ3) is 4.57. The fourth-order valence-corrected chi connectivity index (χ4v) is 5.05. The van der Waals surface area contributed by atoms with Crippen LogP contribution in [0, 0.1) is 0 Å². The van der Waals surface area contributed by atoms with Crippen molar-refractivity contribution >= 4 is 27.8 Å². The Bertz CT molecular complexity index is 1750. The summed E-state index contributed by atoms with van der Waals surface area (Å²) in [5.74, 6) is 2.36. The van der Waals surface area contributed by atoms with E-state index in [1.807, 2.05) is 60.9 Å². The van der Waals surface area contributed by atoms with Gasteiger partial charge in [-0.05, 0) is 42.4 Å². The molecule has 5 heterocycles. The molecule has 2 N–H and O–H groups in total. The number of hydrogen-bond acceptors (Lipinski definition) is 7. The number of nitrogens with one attached hydrogen (secondary N) is 2. The number of rotatable bonds is 6. The van der Waals surface area contributed by atoms with Crippen LogP contribution in [0.1, 0.15) is 5.56 Å². The molecule has 2 aromatic carbocycles. The molecule has 39 heavy (non-hydrogen) atoms. The maximum atomic E-state index is 6.01. The van der Waals surface area contributed by atoms with Crippen molar-refractivity contribution in [3.8, 4) is 28.4 Å². The van der Waals surface area contributed by atoms with E-state index >= 15 is 0 Å². The molecule has 0 atom stereocenters. The van der Waals surface area contributed by atoms with Crippen LogP contribution in [0.2, 0.25) is 0 Å². The van der Waals surface area contributed by atoms with E-state index in [1.54, 1.807) is 6.20 Å². The van der Waals surface area contributed by atoms with Gasteiger partial charge in [0.25, 0.3) is 0 Å². The van der Waals surface area contributed by atoms with Crippen molar-refractivity contribution in [1.29, 1.82) is 0 Å². The number of pyridine rings is 2. The highest BCUT2D eigenvalue weighted by atomic mass is 16.5. The lowest BCUT2D eigenvalue weighted by atomic mass is 10.0. The zero-order chi connectivity index (χ0) is 26.2. The number of benzene rings is 2. The Labute approximate surface area is 225 Å². The van der Waals surface area contributed by atoms with Gasteiger partial charge in [-0.1, -0.05) is 36.4 Å². The van der Waals surface area contributed by atoms with Gasteiger partial charge < -0.3 is 19.5 Å². The van der Waals surface area contributed by atoms with E-state index in [2.05, 4.69) is 54.1 Å². The average Bonchev–Trinajstić information content (AvgIpc) is 3.61. The van der Waals surface area contributed by atoms with E-state index < -0.39 is 0 Å². The van der Waals surface area contributed by atoms with Gasteiger partial charge in [0.2, 0.25) is 0 Å². The van der Waals surface area contributed by atoms with Gasteiger partial charge in [-0.25, -0.2) is 9.97 Å². The molecule has 0 amide bonds. The van der Waals surface area contributed by atoms with Crippen LogP contribution in [0.15, 0.2) is 79.3 Å². The third-order valence-corrected chi connectivity index (χ3v) is 7.27. The van der Waals surface area contributed by atoms with Gasteiger partial charge in [0.05, 0.1) is 17.2 Å². The smallest absolute Gasteiger partial charge is 0.159 e. The van der Waals surface area contributed by atoms with Crippen LogP contribution < -0.4 is 9.64 Å². The van der Waals surface area contributed by atoms with E-state index in [9.17, 15) is 0 Å². The van der Waals surface area contributed by atoms with E-state index in [-0.39, 0.29) is 0 Å². The average molecular weight is 517 g/mol. The molecule has 0 radical (unpaired) electrons. The fourth-order valence-electron chi connectivity index (χ4n) is 5.05. The summed E-state index contributed by atoms with van der Waals surface area (Å²) >= 11 is 0. The molecule has 9 heteroatoms. The van der Waals surface area contributed by atoms with Crippen LogP contribution in [0.25, 0.3) is 44.6 Å². The first-order chi connectivity index (χ1) is 19.2. The van der Waals surface area contributed by atoms with Gasteiger partial charge in [-0.15, -0.1) is 0 Å². The molecule has 1 fully saturated rings. The predicted molar refractivity (Wildman–Crippen MR) is 153 cm³/mol. The Morgan fingerprint density at radius 1 is 0.897 bits per heavy atom. The van der Waals surface area contributed by atoms with E-state index in [0.29, 0.717) is 6.61 Å². The Morgan fingerprint density at radius 2 is 1.77 bits per heavy atom. The van der Waals surface area contributed by atoms with Crippen LogP contribution in [0.4, 0.5) is 5.82 Å². The second-order valence-electron chi connectivity index (χ2n) is 9.92. The predicted octanol–water partition coefficient (Wildman–Crippen LogP) is 4.89. The second-order valence-corrected chi connectivity index (χ2v) is 9.92. The standard InChI is InChI=1S/C30H28N8O/c1-37-11-13-38(14-12-37)30-28-26(9-10-32-30)33-29(34-28)27-24-16-21(7-8-25(24)35-36-27)22-15-23(18-31-17-22)39-19-20-5-3-2-4-6-20/h2-10,15-18H,11-14,19H2,1H3,(H,33,34)(H,35,36). The number of nitrogens with zero attached hydrogens (tertiary/aromatic N) is 6. The molecule has 7 rings (SSSR count). The summed E-state index contributed by atoms with van der Waals surface area (Å²) in [6, 6.07) is 20.3. The topological polar surface area (TPSA) is 98.8 Å². The zero-order valence-electron chi connectivity index (χ0n) is 21.6. The summed E-state index contributed by atoms with van der Waals surface area (Å²) in [5.41, 5.74) is 6.65. The fraction of sp³-hybridized carbons (Fsp3) is 0.200. The normalized spacial score (nSPS) is 14.3. The summed E-state index contributed by atoms with van der Waals surface area (Å²) in [4.78, 5) is 22.2. The van der Waals surface area contributed by atoms with Gasteiger partial charge in [0, 0.05) is 49.5 Å². The molecular weight excluding hydrogens is 488 g/mol. The lowest BCUT2D eigenvalue weighted by Crippen LogP contribution is -2.44. The lowest BCUT2D eigenvalue weighted by molar-refractivity contribution is 0.305. The highest BCUT2D eigenvalue weighted by Crippen LogP contribution is 2.32. The Hall–Kier alpha value is -4.76. The molecule has 6 aromatic rings. The van der Waals surface area contributed by atoms with Gasteiger partial charge in [-0.2, -0.15) is 5.10 Å². The molecule has 0 saturated carbocycles. The SMILES string of the molecule is CN1CCN(c2nccc3[nH]c(-c4n[nH]c5ccc(-c6cncc(OCc7ccccc7)c6)cc45)nc23)CC1. The molecule has 0 unspecified atom stereocenters. The molecule has 194 valence electrons. The summed E-state index contributed by atoms with van der Waals surface area (Å²) in [7, 11) is 2.15. The minimum absolute atomic E-state index is 0.494. The molecule has 9 nitrogen and oxygen atoms in total. The van der Waals surface area contributed by atoms with E-state index in [0.717, 1.165) is 87.9 Å². The molecule has 1 saturated heterocycles. The van der Waals surface area contributed by atoms with Crippen molar-refractivity contribution in [2.24, 2.45) is 0 Å². The molecule has 0 spiro atoms. The van der Waals surface area contributed by atoms with Crippen molar-refractivity contribution in [2.45, 2.75) is 6.61 Å². The van der Waals surface area contributed by atoms with Crippen molar-refractivity contribution in [1.82, 2.24) is 35.0 Å². The number of imidazole rings is 1. The minimum atomic E-state index is 0.494. The maximum Gasteiger partial charge on any atom is 0.159 e. The van der Waals surface area contributed by atoms with Crippen molar-refractivity contribution in [3.05, 3.63) is 84.8 Å². The third-order valence-electron chi connectivity index (χ3n) is 7.27. The monoisotopic (exact) mass is 516 g/mol. The summed E-state index contributed by atoms with van der Waals surface area (Å²) in [5, 5.41) is 8.77. The summed E-state index contributed by atoms with van der Waals surface area (Å²) in [6.45, 7) is 4.38. The summed E-state index contributed by atoms with van der Waals surface area (Å²) < 4.78 is 6.01. The second kappa shape index (κ2) is 9.85. The van der Waals surface area contributed by atoms with Crippen LogP contribution in [0.3, 0.4) is 0 Å². The molecule has 0 bridgehead atoms. The van der Waals surface area contributed by atoms with Crippen molar-refractivity contribution in [3.63, 3.8) is 0 Å². The molecule has 1 aliphatic rings. The number of hydrogen-bond donors (Lipinski definition) is 2. The van der Waals surface area contributed by atoms with Gasteiger partial charge >= 0.3 is 0 Å².